The van der Waals surface area contributed by atoms with Gasteiger partial charge in [-0.15, -0.1) is 0 Å². The van der Waals surface area contributed by atoms with Crippen LogP contribution in [0.15, 0.2) is 76.0 Å². The van der Waals surface area contributed by atoms with E-state index in [0.717, 1.165) is 16.6 Å². The molecule has 0 spiro atoms. The van der Waals surface area contributed by atoms with Crippen LogP contribution in [-0.4, -0.2) is 29.0 Å². The highest BCUT2D eigenvalue weighted by atomic mass is 79.9. The van der Waals surface area contributed by atoms with Crippen molar-refractivity contribution in [2.24, 2.45) is 0 Å². The van der Waals surface area contributed by atoms with Gasteiger partial charge in [0.25, 0.3) is 11.5 Å². The van der Waals surface area contributed by atoms with Gasteiger partial charge in [0.15, 0.2) is 23.1 Å². The SMILES string of the molecule is COc1cc(C=c2sc3nc4ccccc4n3c2=O)c(Br)cc1OCC(=O)Nc1ccccc1. The Morgan fingerprint density at radius 3 is 2.68 bits per heavy atom. The Morgan fingerprint density at radius 1 is 1.12 bits per heavy atom. The predicted octanol–water partition coefficient (Wildman–Crippen LogP) is 4.25. The molecule has 0 radical (unpaired) electrons. The van der Waals surface area contributed by atoms with Crippen molar-refractivity contribution in [3.8, 4) is 11.5 Å². The molecule has 5 aromatic rings. The Balaban J connectivity index is 1.42. The smallest absolute Gasteiger partial charge is 0.274 e. The van der Waals surface area contributed by atoms with Gasteiger partial charge in [0.2, 0.25) is 0 Å². The summed E-state index contributed by atoms with van der Waals surface area (Å²) in [5, 5.41) is 2.77. The van der Waals surface area contributed by atoms with Crippen molar-refractivity contribution in [3.05, 3.63) is 91.7 Å². The molecule has 7 nitrogen and oxygen atoms in total. The number of carbonyl (C=O) groups is 1. The van der Waals surface area contributed by atoms with Crippen LogP contribution in [0.4, 0.5) is 5.69 Å². The fourth-order valence-corrected chi connectivity index (χ4v) is 4.96. The van der Waals surface area contributed by atoms with Gasteiger partial charge in [-0.25, -0.2) is 9.38 Å². The Labute approximate surface area is 206 Å². The third-order valence-corrected chi connectivity index (χ3v) is 6.79. The summed E-state index contributed by atoms with van der Waals surface area (Å²) in [6.45, 7) is -0.180. The van der Waals surface area contributed by atoms with Gasteiger partial charge in [0.05, 0.1) is 22.7 Å². The lowest BCUT2D eigenvalue weighted by Crippen LogP contribution is -2.22. The molecule has 0 atom stereocenters. The van der Waals surface area contributed by atoms with Crippen LogP contribution in [0.2, 0.25) is 0 Å². The van der Waals surface area contributed by atoms with Crippen molar-refractivity contribution in [1.82, 2.24) is 9.38 Å². The van der Waals surface area contributed by atoms with Gasteiger partial charge in [0.1, 0.15) is 0 Å². The van der Waals surface area contributed by atoms with Crippen LogP contribution in [-0.2, 0) is 4.79 Å². The molecule has 34 heavy (non-hydrogen) atoms. The van der Waals surface area contributed by atoms with E-state index >= 15 is 0 Å². The van der Waals surface area contributed by atoms with E-state index in [1.807, 2.05) is 42.5 Å². The van der Waals surface area contributed by atoms with E-state index in [0.29, 0.717) is 31.2 Å². The van der Waals surface area contributed by atoms with Crippen molar-refractivity contribution in [2.75, 3.05) is 19.0 Å². The molecule has 0 aliphatic rings. The Kier molecular flexibility index (Phi) is 6.04. The van der Waals surface area contributed by atoms with Gasteiger partial charge in [-0.05, 0) is 48.0 Å². The first-order valence-electron chi connectivity index (χ1n) is 10.3. The van der Waals surface area contributed by atoms with Crippen LogP contribution in [0.25, 0.3) is 22.1 Å². The number of amides is 1. The van der Waals surface area contributed by atoms with Crippen LogP contribution < -0.4 is 24.9 Å². The standard InChI is InChI=1S/C25H18BrN3O4S/c1-32-20-11-15(12-22-24(31)29-19-10-6-5-9-18(19)28-25(29)34-22)17(26)13-21(20)33-14-23(30)27-16-7-3-2-4-8-16/h2-13H,14H2,1H3,(H,27,30). The molecule has 5 rings (SSSR count). The molecular weight excluding hydrogens is 518 g/mol. The Bertz CT molecular complexity index is 1630. The number of para-hydroxylation sites is 3. The van der Waals surface area contributed by atoms with Crippen LogP contribution in [0.3, 0.4) is 0 Å². The normalized spacial score (nSPS) is 11.8. The molecule has 1 amide bonds. The molecule has 0 unspecified atom stereocenters. The number of anilines is 1. The second-order valence-corrected chi connectivity index (χ2v) is 9.23. The zero-order chi connectivity index (χ0) is 23.7. The van der Waals surface area contributed by atoms with Gasteiger partial charge < -0.3 is 14.8 Å². The van der Waals surface area contributed by atoms with Crippen molar-refractivity contribution in [1.29, 1.82) is 0 Å². The van der Waals surface area contributed by atoms with E-state index in [1.54, 1.807) is 34.7 Å². The third-order valence-electron chi connectivity index (χ3n) is 5.13. The van der Waals surface area contributed by atoms with Gasteiger partial charge in [-0.1, -0.05) is 57.6 Å². The first-order chi connectivity index (χ1) is 16.5. The van der Waals surface area contributed by atoms with E-state index < -0.39 is 0 Å². The number of nitrogens with zero attached hydrogens (tertiary/aromatic N) is 2. The second kappa shape index (κ2) is 9.28. The van der Waals surface area contributed by atoms with Crippen molar-refractivity contribution in [3.63, 3.8) is 0 Å². The molecule has 0 bridgehead atoms. The topological polar surface area (TPSA) is 81.9 Å². The van der Waals surface area contributed by atoms with Gasteiger partial charge in [-0.2, -0.15) is 0 Å². The molecule has 2 heterocycles. The highest BCUT2D eigenvalue weighted by Gasteiger charge is 2.14. The minimum atomic E-state index is -0.287. The summed E-state index contributed by atoms with van der Waals surface area (Å²) in [6.07, 6.45) is 1.79. The molecule has 1 N–H and O–H groups in total. The molecule has 170 valence electrons. The van der Waals surface area contributed by atoms with Gasteiger partial charge in [0, 0.05) is 10.2 Å². The van der Waals surface area contributed by atoms with E-state index in [9.17, 15) is 9.59 Å². The zero-order valence-electron chi connectivity index (χ0n) is 17.9. The first kappa shape index (κ1) is 22.1. The lowest BCUT2D eigenvalue weighted by atomic mass is 10.2. The molecule has 9 heteroatoms. The van der Waals surface area contributed by atoms with Gasteiger partial charge >= 0.3 is 0 Å². The summed E-state index contributed by atoms with van der Waals surface area (Å²) in [5.41, 5.74) is 2.88. The number of carbonyl (C=O) groups excluding carboxylic acids is 1. The molecule has 0 aliphatic heterocycles. The summed E-state index contributed by atoms with van der Waals surface area (Å²) in [4.78, 5) is 30.5. The number of rotatable bonds is 6. The minimum Gasteiger partial charge on any atom is -0.493 e. The van der Waals surface area contributed by atoms with Crippen molar-refractivity contribution in [2.45, 2.75) is 0 Å². The van der Waals surface area contributed by atoms with Crippen LogP contribution >= 0.6 is 27.3 Å². The number of aromatic nitrogens is 2. The summed E-state index contributed by atoms with van der Waals surface area (Å²) >= 11 is 4.86. The lowest BCUT2D eigenvalue weighted by molar-refractivity contribution is -0.118. The molecule has 0 saturated carbocycles. The van der Waals surface area contributed by atoms with E-state index in [2.05, 4.69) is 26.2 Å². The quantitative estimate of drug-likeness (QED) is 0.351. The van der Waals surface area contributed by atoms with Crippen LogP contribution in [0, 0.1) is 0 Å². The number of benzene rings is 3. The number of imidazole rings is 1. The number of hydrogen-bond donors (Lipinski definition) is 1. The van der Waals surface area contributed by atoms with Crippen molar-refractivity contribution >= 4 is 60.9 Å². The molecule has 0 aliphatic carbocycles. The Hall–Kier alpha value is -3.69. The molecule has 0 fully saturated rings. The summed E-state index contributed by atoms with van der Waals surface area (Å²) in [5.74, 6) is 0.565. The maximum Gasteiger partial charge on any atom is 0.274 e. The maximum atomic E-state index is 13.1. The molecule has 0 saturated heterocycles. The highest BCUT2D eigenvalue weighted by molar-refractivity contribution is 9.10. The predicted molar refractivity (Wildman–Crippen MR) is 137 cm³/mol. The molecular formula is C25H18BrN3O4S. The monoisotopic (exact) mass is 535 g/mol. The molecule has 3 aromatic carbocycles. The second-order valence-electron chi connectivity index (χ2n) is 7.36. The average molecular weight is 536 g/mol. The molecule has 2 aromatic heterocycles. The van der Waals surface area contributed by atoms with Gasteiger partial charge in [-0.3, -0.25) is 9.59 Å². The number of hydrogen-bond acceptors (Lipinski definition) is 6. The highest BCUT2D eigenvalue weighted by Crippen LogP contribution is 2.34. The largest absolute Gasteiger partial charge is 0.493 e. The summed E-state index contributed by atoms with van der Waals surface area (Å²) in [6, 6.07) is 20.2. The average Bonchev–Trinajstić information content (AvgIpc) is 3.35. The number of halogens is 1. The number of thiazole rings is 1. The maximum absolute atomic E-state index is 13.1. The third kappa shape index (κ3) is 4.27. The number of ether oxygens (including phenoxy) is 2. The van der Waals surface area contributed by atoms with E-state index in [-0.39, 0.29) is 18.1 Å². The minimum absolute atomic E-state index is 0.127. The van der Waals surface area contributed by atoms with Crippen LogP contribution in [0.1, 0.15) is 5.56 Å². The fraction of sp³-hybridized carbons (Fsp3) is 0.0800. The summed E-state index contributed by atoms with van der Waals surface area (Å²) < 4.78 is 14.0. The van der Waals surface area contributed by atoms with E-state index in [1.165, 1.54) is 18.4 Å². The van der Waals surface area contributed by atoms with Crippen LogP contribution in [0.5, 0.6) is 11.5 Å². The number of nitrogens with one attached hydrogen (secondary N) is 1. The first-order valence-corrected chi connectivity index (χ1v) is 11.9. The van der Waals surface area contributed by atoms with E-state index in [4.69, 9.17) is 9.47 Å². The number of methoxy groups -OCH3 is 1. The number of fused-ring (bicyclic) bond motifs is 3. The fourth-order valence-electron chi connectivity index (χ4n) is 3.55. The lowest BCUT2D eigenvalue weighted by Gasteiger charge is -2.13. The summed E-state index contributed by atoms with van der Waals surface area (Å²) in [7, 11) is 1.52. The zero-order valence-corrected chi connectivity index (χ0v) is 20.4. The Morgan fingerprint density at radius 2 is 1.88 bits per heavy atom. The van der Waals surface area contributed by atoms with Crippen molar-refractivity contribution < 1.29 is 14.3 Å².